The minimum absolute atomic E-state index is 0.181. The molecule has 0 amide bonds. The number of nitrogen functional groups attached to an aromatic ring is 1. The standard InChI is InChI=1S/C5H7N3/c1-4-7-3-2-5(6)8-4/h2-3H,1H3,(H2,6,7,8)/i2D. The lowest BCUT2D eigenvalue weighted by atomic mass is 10.6. The first-order chi connectivity index (χ1) is 4.20. The van der Waals surface area contributed by atoms with Crippen molar-refractivity contribution in [3.05, 3.63) is 18.1 Å². The molecule has 0 saturated heterocycles. The molecule has 0 radical (unpaired) electrons. The number of hydrogen-bond acceptors (Lipinski definition) is 3. The second-order valence-electron chi connectivity index (χ2n) is 1.45. The van der Waals surface area contributed by atoms with Crippen molar-refractivity contribution in [1.29, 1.82) is 0 Å². The molecular weight excluding hydrogens is 102 g/mol. The van der Waals surface area contributed by atoms with Gasteiger partial charge in [0.1, 0.15) is 11.6 Å². The van der Waals surface area contributed by atoms with Gasteiger partial charge in [0.25, 0.3) is 0 Å². The third kappa shape index (κ3) is 0.932. The molecule has 0 bridgehead atoms. The summed E-state index contributed by atoms with van der Waals surface area (Å²) in [4.78, 5) is 7.51. The van der Waals surface area contributed by atoms with Gasteiger partial charge < -0.3 is 5.73 Å². The summed E-state index contributed by atoms with van der Waals surface area (Å²) in [5.41, 5.74) is 5.28. The molecule has 8 heavy (non-hydrogen) atoms. The maximum absolute atomic E-state index is 7.07. The molecule has 2 N–H and O–H groups in total. The van der Waals surface area contributed by atoms with Gasteiger partial charge in [0.05, 0.1) is 1.37 Å². The average Bonchev–Trinajstić information content (AvgIpc) is 1.80. The first-order valence-corrected chi connectivity index (χ1v) is 2.26. The van der Waals surface area contributed by atoms with Gasteiger partial charge in [0.15, 0.2) is 0 Å². The van der Waals surface area contributed by atoms with Crippen LogP contribution < -0.4 is 5.73 Å². The highest BCUT2D eigenvalue weighted by atomic mass is 14.9. The van der Waals surface area contributed by atoms with Gasteiger partial charge in [-0.25, -0.2) is 9.97 Å². The zero-order valence-electron chi connectivity index (χ0n) is 5.55. The number of rotatable bonds is 0. The van der Waals surface area contributed by atoms with E-state index in [1.54, 1.807) is 6.92 Å². The van der Waals surface area contributed by atoms with Crippen molar-refractivity contribution in [2.24, 2.45) is 0 Å². The van der Waals surface area contributed by atoms with Gasteiger partial charge in [-0.3, -0.25) is 0 Å². The van der Waals surface area contributed by atoms with Crippen molar-refractivity contribution >= 4 is 5.82 Å². The third-order valence-corrected chi connectivity index (χ3v) is 0.746. The summed E-state index contributed by atoms with van der Waals surface area (Å²) < 4.78 is 7.07. The Morgan fingerprint density at radius 2 is 2.62 bits per heavy atom. The molecule has 3 heteroatoms. The van der Waals surface area contributed by atoms with Gasteiger partial charge in [-0.1, -0.05) is 0 Å². The summed E-state index contributed by atoms with van der Waals surface area (Å²) in [5.74, 6) is 0.839. The van der Waals surface area contributed by atoms with Crippen LogP contribution in [0.25, 0.3) is 0 Å². The van der Waals surface area contributed by atoms with Gasteiger partial charge in [-0.2, -0.15) is 0 Å². The van der Waals surface area contributed by atoms with Crippen molar-refractivity contribution in [2.75, 3.05) is 5.73 Å². The highest BCUT2D eigenvalue weighted by molar-refractivity contribution is 5.24. The molecule has 0 spiro atoms. The SMILES string of the molecule is [2H]c1cnc(C)nc1N. The first kappa shape index (κ1) is 3.83. The third-order valence-electron chi connectivity index (χ3n) is 0.746. The fourth-order valence-corrected chi connectivity index (χ4v) is 0.427. The monoisotopic (exact) mass is 110 g/mol. The number of anilines is 1. The molecule has 3 nitrogen and oxygen atoms in total. The van der Waals surface area contributed by atoms with E-state index >= 15 is 0 Å². The molecule has 0 aliphatic rings. The van der Waals surface area contributed by atoms with Crippen molar-refractivity contribution in [3.63, 3.8) is 0 Å². The van der Waals surface area contributed by atoms with Crippen LogP contribution in [-0.4, -0.2) is 9.97 Å². The molecule has 42 valence electrons. The van der Waals surface area contributed by atoms with Crippen LogP contribution in [0.5, 0.6) is 0 Å². The van der Waals surface area contributed by atoms with Crippen LogP contribution in [-0.2, 0) is 0 Å². The Morgan fingerprint density at radius 1 is 1.88 bits per heavy atom. The Morgan fingerprint density at radius 3 is 3.12 bits per heavy atom. The highest BCUT2D eigenvalue weighted by Crippen LogP contribution is 1.92. The van der Waals surface area contributed by atoms with E-state index in [-0.39, 0.29) is 11.9 Å². The summed E-state index contributed by atoms with van der Waals surface area (Å²) in [7, 11) is 0. The summed E-state index contributed by atoms with van der Waals surface area (Å²) in [5, 5.41) is 0. The summed E-state index contributed by atoms with van der Waals surface area (Å²) in [6.45, 7) is 1.73. The fraction of sp³-hybridized carbons (Fsp3) is 0.200. The maximum atomic E-state index is 7.07. The lowest BCUT2D eigenvalue weighted by Gasteiger charge is -1.89. The summed E-state index contributed by atoms with van der Waals surface area (Å²) in [6.07, 6.45) is 1.39. The van der Waals surface area contributed by atoms with Gasteiger partial charge >= 0.3 is 0 Å². The van der Waals surface area contributed by atoms with E-state index in [1.807, 2.05) is 0 Å². The molecule has 0 aromatic carbocycles. The van der Waals surface area contributed by atoms with Crippen molar-refractivity contribution in [3.8, 4) is 0 Å². The van der Waals surface area contributed by atoms with Crippen molar-refractivity contribution in [1.82, 2.24) is 9.97 Å². The molecule has 1 aromatic heterocycles. The topological polar surface area (TPSA) is 51.8 Å². The van der Waals surface area contributed by atoms with Gasteiger partial charge in [0, 0.05) is 6.20 Å². The fourth-order valence-electron chi connectivity index (χ4n) is 0.427. The number of nitrogens with two attached hydrogens (primary N) is 1. The Bertz CT molecular complexity index is 223. The Kier molecular flexibility index (Phi) is 0.850. The second-order valence-corrected chi connectivity index (χ2v) is 1.45. The second kappa shape index (κ2) is 1.78. The molecule has 0 aliphatic heterocycles. The smallest absolute Gasteiger partial charge is 0.127 e. The van der Waals surface area contributed by atoms with E-state index in [0.29, 0.717) is 5.82 Å². The number of nitrogens with zero attached hydrogens (tertiary/aromatic N) is 2. The van der Waals surface area contributed by atoms with Crippen LogP contribution in [0.15, 0.2) is 12.2 Å². The van der Waals surface area contributed by atoms with Crippen LogP contribution in [0.1, 0.15) is 7.20 Å². The number of aryl methyl sites for hydroxylation is 1. The minimum Gasteiger partial charge on any atom is -0.384 e. The zero-order valence-corrected chi connectivity index (χ0v) is 4.55. The largest absolute Gasteiger partial charge is 0.384 e. The van der Waals surface area contributed by atoms with Crippen LogP contribution in [0.3, 0.4) is 0 Å². The summed E-state index contributed by atoms with van der Waals surface area (Å²) >= 11 is 0. The van der Waals surface area contributed by atoms with E-state index in [9.17, 15) is 0 Å². The minimum atomic E-state index is 0.181. The molecule has 0 fully saturated rings. The van der Waals surface area contributed by atoms with Gasteiger partial charge in [-0.15, -0.1) is 0 Å². The van der Waals surface area contributed by atoms with E-state index in [1.165, 1.54) is 6.20 Å². The Hall–Kier alpha value is -1.12. The van der Waals surface area contributed by atoms with E-state index in [4.69, 9.17) is 7.10 Å². The van der Waals surface area contributed by atoms with Crippen LogP contribution in [0, 0.1) is 6.92 Å². The molecular formula is C5H7N3. The van der Waals surface area contributed by atoms with Gasteiger partial charge in [-0.05, 0) is 13.0 Å². The Labute approximate surface area is 49.0 Å². The number of aromatic nitrogens is 2. The summed E-state index contributed by atoms with van der Waals surface area (Å²) in [6, 6.07) is 0.181. The highest BCUT2D eigenvalue weighted by Gasteiger charge is 1.83. The molecule has 1 aromatic rings. The molecule has 1 rings (SSSR count). The predicted octanol–water partition coefficient (Wildman–Crippen LogP) is 0.367. The molecule has 0 atom stereocenters. The zero-order chi connectivity index (χ0) is 6.85. The van der Waals surface area contributed by atoms with Crippen LogP contribution in [0.4, 0.5) is 5.82 Å². The van der Waals surface area contributed by atoms with E-state index < -0.39 is 0 Å². The number of hydrogen-bond donors (Lipinski definition) is 1. The van der Waals surface area contributed by atoms with Crippen molar-refractivity contribution in [2.45, 2.75) is 6.92 Å². The first-order valence-electron chi connectivity index (χ1n) is 2.76. The molecule has 1 heterocycles. The molecule has 0 unspecified atom stereocenters. The van der Waals surface area contributed by atoms with Gasteiger partial charge in [0.2, 0.25) is 0 Å². The Balaban J connectivity index is 3.17. The predicted molar refractivity (Wildman–Crippen MR) is 31.2 cm³/mol. The normalized spacial score (nSPS) is 10.9. The average molecular weight is 110 g/mol. The molecule has 0 aliphatic carbocycles. The van der Waals surface area contributed by atoms with Crippen LogP contribution >= 0.6 is 0 Å². The quantitative estimate of drug-likeness (QED) is 0.524. The molecule has 0 saturated carbocycles. The lowest BCUT2D eigenvalue weighted by molar-refractivity contribution is 1.06. The van der Waals surface area contributed by atoms with Crippen LogP contribution in [0.2, 0.25) is 0 Å². The van der Waals surface area contributed by atoms with E-state index in [0.717, 1.165) is 0 Å². The lowest BCUT2D eigenvalue weighted by Crippen LogP contribution is -1.92. The van der Waals surface area contributed by atoms with Crippen molar-refractivity contribution < 1.29 is 1.37 Å². The van der Waals surface area contributed by atoms with E-state index in [2.05, 4.69) is 9.97 Å². The maximum Gasteiger partial charge on any atom is 0.127 e.